The van der Waals surface area contributed by atoms with Gasteiger partial charge in [0.25, 0.3) is 0 Å². The third-order valence-electron chi connectivity index (χ3n) is 3.97. The van der Waals surface area contributed by atoms with Gasteiger partial charge < -0.3 is 21.7 Å². The number of rotatable bonds is 2. The number of phenols is 1. The highest BCUT2D eigenvalue weighted by Crippen LogP contribution is 2.44. The lowest BCUT2D eigenvalue weighted by atomic mass is 9.82. The molecule has 0 saturated carbocycles. The Hall–Kier alpha value is -2.15. The number of nitrogens with two attached hydrogens (primary N) is 2. The van der Waals surface area contributed by atoms with Crippen LogP contribution in [0.2, 0.25) is 0 Å². The van der Waals surface area contributed by atoms with Gasteiger partial charge in [0.15, 0.2) is 0 Å². The zero-order chi connectivity index (χ0) is 17.5. The molecule has 4 nitrogen and oxygen atoms in total. The quantitative estimate of drug-likeness (QED) is 0.496. The molecule has 0 amide bonds. The van der Waals surface area contributed by atoms with Crippen LogP contribution in [0.5, 0.6) is 5.75 Å². The van der Waals surface area contributed by atoms with Gasteiger partial charge in [-0.2, -0.15) is 13.2 Å². The van der Waals surface area contributed by atoms with Crippen molar-refractivity contribution in [3.05, 3.63) is 46.7 Å². The molecule has 3 atom stereocenters. The Balaban J connectivity index is 2.59. The minimum atomic E-state index is -4.57. The van der Waals surface area contributed by atoms with E-state index in [9.17, 15) is 23.4 Å². The summed E-state index contributed by atoms with van der Waals surface area (Å²) in [5.41, 5.74) is 11.2. The van der Waals surface area contributed by atoms with Gasteiger partial charge in [-0.05, 0) is 35.8 Å². The zero-order valence-corrected chi connectivity index (χ0v) is 12.7. The number of allylic oxidation sites excluding steroid dienone is 2. The van der Waals surface area contributed by atoms with Crippen LogP contribution in [0.4, 0.5) is 18.9 Å². The molecule has 1 aromatic carbocycles. The Morgan fingerprint density at radius 3 is 2.30 bits per heavy atom. The number of hydrogen-bond acceptors (Lipinski definition) is 4. The number of halogens is 3. The number of alkyl halides is 3. The summed E-state index contributed by atoms with van der Waals surface area (Å²) in [7, 11) is 0. The second-order valence-corrected chi connectivity index (χ2v) is 5.87. The van der Waals surface area contributed by atoms with E-state index in [2.05, 4.69) is 0 Å². The van der Waals surface area contributed by atoms with Gasteiger partial charge in [-0.25, -0.2) is 0 Å². The fourth-order valence-corrected chi connectivity index (χ4v) is 2.78. The van der Waals surface area contributed by atoms with Crippen molar-refractivity contribution in [1.82, 2.24) is 0 Å². The van der Waals surface area contributed by atoms with Crippen molar-refractivity contribution in [2.45, 2.75) is 32.0 Å². The molecule has 126 valence electrons. The second-order valence-electron chi connectivity index (χ2n) is 5.87. The Labute approximate surface area is 131 Å². The fraction of sp³-hybridized carbons (Fsp3) is 0.375. The van der Waals surface area contributed by atoms with Crippen molar-refractivity contribution in [2.75, 3.05) is 5.73 Å². The normalized spacial score (nSPS) is 23.2. The van der Waals surface area contributed by atoms with Crippen LogP contribution in [0.3, 0.4) is 0 Å². The van der Waals surface area contributed by atoms with Crippen LogP contribution in [0, 0.1) is 12.8 Å². The standard InChI is InChI=1S/C16H19F3N2O2/c1-7-3-9(5-11(20)14(7)22)13(16(17,18)19)10-4-8(2)15(23)12(21)6-10/h3-7,13-14,22-23H,20-21H2,1-2H3. The van der Waals surface area contributed by atoms with E-state index >= 15 is 0 Å². The van der Waals surface area contributed by atoms with Gasteiger partial charge in [-0.3, -0.25) is 0 Å². The molecule has 1 aromatic rings. The second kappa shape index (κ2) is 5.81. The van der Waals surface area contributed by atoms with Crippen LogP contribution in [-0.4, -0.2) is 22.5 Å². The highest BCUT2D eigenvalue weighted by atomic mass is 19.4. The summed E-state index contributed by atoms with van der Waals surface area (Å²) >= 11 is 0. The van der Waals surface area contributed by atoms with Crippen molar-refractivity contribution >= 4 is 5.69 Å². The minimum Gasteiger partial charge on any atom is -0.506 e. The predicted octanol–water partition coefficient (Wildman–Crippen LogP) is 2.71. The van der Waals surface area contributed by atoms with Gasteiger partial charge in [0.1, 0.15) is 11.7 Å². The molecule has 0 radical (unpaired) electrons. The summed E-state index contributed by atoms with van der Waals surface area (Å²) < 4.78 is 40.9. The number of hydrogen-bond donors (Lipinski definition) is 4. The van der Waals surface area contributed by atoms with E-state index in [1.54, 1.807) is 6.92 Å². The molecule has 23 heavy (non-hydrogen) atoms. The Morgan fingerprint density at radius 1 is 1.22 bits per heavy atom. The summed E-state index contributed by atoms with van der Waals surface area (Å²) in [5, 5.41) is 19.4. The van der Waals surface area contributed by atoms with E-state index < -0.39 is 24.1 Å². The summed E-state index contributed by atoms with van der Waals surface area (Å²) in [4.78, 5) is 0. The first-order valence-corrected chi connectivity index (χ1v) is 7.05. The van der Waals surface area contributed by atoms with Crippen LogP contribution in [-0.2, 0) is 0 Å². The SMILES string of the molecule is Cc1cc(C(C2=CC(C)C(O)C(N)=C2)C(F)(F)F)cc(N)c1O. The average molecular weight is 328 g/mol. The van der Waals surface area contributed by atoms with Gasteiger partial charge in [0.05, 0.1) is 11.8 Å². The predicted molar refractivity (Wildman–Crippen MR) is 81.6 cm³/mol. The first-order chi connectivity index (χ1) is 10.5. The maximum atomic E-state index is 13.6. The van der Waals surface area contributed by atoms with Crippen molar-refractivity contribution in [3.8, 4) is 5.75 Å². The third kappa shape index (κ3) is 3.29. The number of nitrogen functional groups attached to an aromatic ring is 1. The lowest BCUT2D eigenvalue weighted by Gasteiger charge is -2.29. The molecule has 0 aromatic heterocycles. The Morgan fingerprint density at radius 2 is 1.83 bits per heavy atom. The monoisotopic (exact) mass is 328 g/mol. The third-order valence-corrected chi connectivity index (χ3v) is 3.97. The van der Waals surface area contributed by atoms with E-state index in [0.29, 0.717) is 0 Å². The van der Waals surface area contributed by atoms with Crippen LogP contribution < -0.4 is 11.5 Å². The number of aryl methyl sites for hydroxylation is 1. The molecule has 1 aliphatic carbocycles. The number of aliphatic hydroxyl groups excluding tert-OH is 1. The van der Waals surface area contributed by atoms with E-state index in [-0.39, 0.29) is 33.8 Å². The van der Waals surface area contributed by atoms with E-state index in [1.165, 1.54) is 19.1 Å². The molecule has 0 bridgehead atoms. The number of benzene rings is 1. The number of phenolic OH excluding ortho intramolecular Hbond substituents is 1. The summed E-state index contributed by atoms with van der Waals surface area (Å²) in [5.74, 6) is -2.70. The zero-order valence-electron chi connectivity index (χ0n) is 12.7. The van der Waals surface area contributed by atoms with Crippen LogP contribution >= 0.6 is 0 Å². The molecule has 1 aliphatic rings. The summed E-state index contributed by atoms with van der Waals surface area (Å²) in [6.07, 6.45) is -3.06. The first kappa shape index (κ1) is 17.2. The average Bonchev–Trinajstić information content (AvgIpc) is 2.40. The largest absolute Gasteiger partial charge is 0.506 e. The highest BCUT2D eigenvalue weighted by molar-refractivity contribution is 5.59. The Kier molecular flexibility index (Phi) is 4.34. The van der Waals surface area contributed by atoms with E-state index in [1.807, 2.05) is 0 Å². The fourth-order valence-electron chi connectivity index (χ4n) is 2.78. The number of aromatic hydroxyl groups is 1. The lowest BCUT2D eigenvalue weighted by molar-refractivity contribution is -0.141. The molecule has 0 spiro atoms. The van der Waals surface area contributed by atoms with Gasteiger partial charge in [-0.1, -0.05) is 19.1 Å². The van der Waals surface area contributed by atoms with E-state index in [4.69, 9.17) is 11.5 Å². The van der Waals surface area contributed by atoms with Gasteiger partial charge in [-0.15, -0.1) is 0 Å². The molecule has 3 unspecified atom stereocenters. The van der Waals surface area contributed by atoms with Crippen molar-refractivity contribution in [1.29, 1.82) is 0 Å². The van der Waals surface area contributed by atoms with Crippen LogP contribution in [0.15, 0.2) is 35.6 Å². The summed E-state index contributed by atoms with van der Waals surface area (Å²) in [6.45, 7) is 3.07. The number of aliphatic hydroxyl groups is 1. The summed E-state index contributed by atoms with van der Waals surface area (Å²) in [6, 6.07) is 2.37. The molecule has 0 saturated heterocycles. The minimum absolute atomic E-state index is 0.00674. The Bertz CT molecular complexity index is 657. The van der Waals surface area contributed by atoms with Crippen molar-refractivity contribution in [2.24, 2.45) is 11.7 Å². The number of anilines is 1. The lowest BCUT2D eigenvalue weighted by Crippen LogP contribution is -2.30. The van der Waals surface area contributed by atoms with Gasteiger partial charge in [0.2, 0.25) is 0 Å². The molecular formula is C16H19F3N2O2. The van der Waals surface area contributed by atoms with Gasteiger partial charge >= 0.3 is 6.18 Å². The van der Waals surface area contributed by atoms with Crippen LogP contribution in [0.1, 0.15) is 24.0 Å². The van der Waals surface area contributed by atoms with Crippen molar-refractivity contribution < 1.29 is 23.4 Å². The van der Waals surface area contributed by atoms with Crippen molar-refractivity contribution in [3.63, 3.8) is 0 Å². The molecule has 6 N–H and O–H groups in total. The first-order valence-electron chi connectivity index (χ1n) is 7.05. The highest BCUT2D eigenvalue weighted by Gasteiger charge is 2.44. The van der Waals surface area contributed by atoms with Crippen LogP contribution in [0.25, 0.3) is 0 Å². The topological polar surface area (TPSA) is 92.5 Å². The molecule has 7 heteroatoms. The molecule has 0 heterocycles. The smallest absolute Gasteiger partial charge is 0.399 e. The van der Waals surface area contributed by atoms with E-state index in [0.717, 1.165) is 12.1 Å². The maximum Gasteiger partial charge on any atom is 0.399 e. The molecule has 0 aliphatic heterocycles. The molecular weight excluding hydrogens is 309 g/mol. The molecule has 2 rings (SSSR count). The van der Waals surface area contributed by atoms with Gasteiger partial charge in [0, 0.05) is 11.6 Å². The maximum absolute atomic E-state index is 13.6. The molecule has 0 fully saturated rings.